The fourth-order valence-corrected chi connectivity index (χ4v) is 3.37. The number of hydrogen-bond donors (Lipinski definition) is 1. The molecule has 4 heteroatoms. The standard InChI is InChI=1S/C15H13BrINO/c16-12-6-10-4-5-19-15(10)11(7-12)9-18-14-3-1-2-13(17)8-14/h1-3,6-8,18H,4-5,9H2. The third kappa shape index (κ3) is 3.05. The Balaban J connectivity index is 1.81. The summed E-state index contributed by atoms with van der Waals surface area (Å²) in [7, 11) is 0. The van der Waals surface area contributed by atoms with Crippen LogP contribution >= 0.6 is 38.5 Å². The monoisotopic (exact) mass is 429 g/mol. The summed E-state index contributed by atoms with van der Waals surface area (Å²) in [6.07, 6.45) is 1.00. The van der Waals surface area contributed by atoms with Gasteiger partial charge in [0.15, 0.2) is 0 Å². The van der Waals surface area contributed by atoms with Crippen molar-refractivity contribution in [1.29, 1.82) is 0 Å². The third-order valence-corrected chi connectivity index (χ3v) is 4.26. The Morgan fingerprint density at radius 3 is 3.00 bits per heavy atom. The summed E-state index contributed by atoms with van der Waals surface area (Å²) in [6.45, 7) is 1.57. The summed E-state index contributed by atoms with van der Waals surface area (Å²) in [6, 6.07) is 12.7. The molecule has 0 bridgehead atoms. The predicted octanol–water partition coefficient (Wildman–Crippen LogP) is 4.60. The van der Waals surface area contributed by atoms with Gasteiger partial charge in [0.1, 0.15) is 5.75 Å². The highest BCUT2D eigenvalue weighted by molar-refractivity contribution is 14.1. The minimum Gasteiger partial charge on any atom is -0.493 e. The van der Waals surface area contributed by atoms with E-state index in [1.807, 2.05) is 0 Å². The minimum atomic E-state index is 0.780. The van der Waals surface area contributed by atoms with Crippen molar-refractivity contribution >= 4 is 44.2 Å². The topological polar surface area (TPSA) is 21.3 Å². The number of fused-ring (bicyclic) bond motifs is 1. The second-order valence-electron chi connectivity index (χ2n) is 4.52. The summed E-state index contributed by atoms with van der Waals surface area (Å²) in [5.74, 6) is 1.06. The van der Waals surface area contributed by atoms with Crippen molar-refractivity contribution in [1.82, 2.24) is 0 Å². The Morgan fingerprint density at radius 2 is 2.16 bits per heavy atom. The van der Waals surface area contributed by atoms with Crippen LogP contribution in [0.1, 0.15) is 11.1 Å². The van der Waals surface area contributed by atoms with Crippen LogP contribution in [-0.2, 0) is 13.0 Å². The van der Waals surface area contributed by atoms with Crippen molar-refractivity contribution in [2.75, 3.05) is 11.9 Å². The van der Waals surface area contributed by atoms with E-state index in [0.717, 1.165) is 35.5 Å². The van der Waals surface area contributed by atoms with Crippen molar-refractivity contribution in [3.63, 3.8) is 0 Å². The zero-order chi connectivity index (χ0) is 13.2. The maximum Gasteiger partial charge on any atom is 0.127 e. The molecule has 1 aliphatic rings. The van der Waals surface area contributed by atoms with Crippen LogP contribution in [0.15, 0.2) is 40.9 Å². The fourth-order valence-electron chi connectivity index (χ4n) is 2.27. The zero-order valence-corrected chi connectivity index (χ0v) is 14.0. The predicted molar refractivity (Wildman–Crippen MR) is 89.8 cm³/mol. The first kappa shape index (κ1) is 13.2. The molecule has 2 aromatic carbocycles. The van der Waals surface area contributed by atoms with Gasteiger partial charge in [-0.2, -0.15) is 0 Å². The van der Waals surface area contributed by atoms with Gasteiger partial charge >= 0.3 is 0 Å². The highest BCUT2D eigenvalue weighted by Crippen LogP contribution is 2.33. The average molecular weight is 430 g/mol. The number of ether oxygens (including phenoxy) is 1. The Kier molecular flexibility index (Phi) is 3.98. The lowest BCUT2D eigenvalue weighted by molar-refractivity contribution is 0.354. The largest absolute Gasteiger partial charge is 0.493 e. The van der Waals surface area contributed by atoms with Gasteiger partial charge in [0, 0.05) is 32.3 Å². The quantitative estimate of drug-likeness (QED) is 0.720. The molecule has 1 aliphatic heterocycles. The maximum absolute atomic E-state index is 5.73. The molecule has 0 saturated carbocycles. The van der Waals surface area contributed by atoms with Crippen LogP contribution < -0.4 is 10.1 Å². The molecule has 0 aromatic heterocycles. The van der Waals surface area contributed by atoms with E-state index in [4.69, 9.17) is 4.74 Å². The SMILES string of the molecule is Brc1cc2c(c(CNc3cccc(I)c3)c1)OCC2. The van der Waals surface area contributed by atoms with Crippen molar-refractivity contribution in [2.24, 2.45) is 0 Å². The highest BCUT2D eigenvalue weighted by atomic mass is 127. The van der Waals surface area contributed by atoms with E-state index >= 15 is 0 Å². The van der Waals surface area contributed by atoms with E-state index in [1.54, 1.807) is 0 Å². The van der Waals surface area contributed by atoms with Gasteiger partial charge in [-0.1, -0.05) is 22.0 Å². The van der Waals surface area contributed by atoms with Crippen molar-refractivity contribution in [2.45, 2.75) is 13.0 Å². The first-order valence-electron chi connectivity index (χ1n) is 6.16. The molecule has 2 nitrogen and oxygen atoms in total. The average Bonchev–Trinajstić information content (AvgIpc) is 2.84. The summed E-state index contributed by atoms with van der Waals surface area (Å²) in [4.78, 5) is 0. The number of benzene rings is 2. The van der Waals surface area contributed by atoms with Gasteiger partial charge in [-0.15, -0.1) is 0 Å². The summed E-state index contributed by atoms with van der Waals surface area (Å²) < 4.78 is 8.09. The molecule has 3 rings (SSSR count). The van der Waals surface area contributed by atoms with Gasteiger partial charge in [0.25, 0.3) is 0 Å². The van der Waals surface area contributed by atoms with Gasteiger partial charge in [-0.05, 0) is 58.5 Å². The second-order valence-corrected chi connectivity index (χ2v) is 6.68. The third-order valence-electron chi connectivity index (χ3n) is 3.13. The van der Waals surface area contributed by atoms with Crippen LogP contribution in [0.2, 0.25) is 0 Å². The van der Waals surface area contributed by atoms with E-state index in [2.05, 4.69) is 80.2 Å². The summed E-state index contributed by atoms with van der Waals surface area (Å²) in [5.41, 5.74) is 3.65. The van der Waals surface area contributed by atoms with Gasteiger partial charge in [-0.3, -0.25) is 0 Å². The van der Waals surface area contributed by atoms with Gasteiger partial charge in [0.2, 0.25) is 0 Å². The van der Waals surface area contributed by atoms with E-state index in [-0.39, 0.29) is 0 Å². The summed E-state index contributed by atoms with van der Waals surface area (Å²) >= 11 is 5.89. The molecule has 1 heterocycles. The first-order chi connectivity index (χ1) is 9.22. The van der Waals surface area contributed by atoms with Crippen LogP contribution in [0.5, 0.6) is 5.75 Å². The molecule has 0 fully saturated rings. The minimum absolute atomic E-state index is 0.780. The Morgan fingerprint density at radius 1 is 1.26 bits per heavy atom. The lowest BCUT2D eigenvalue weighted by Gasteiger charge is -2.11. The molecule has 0 unspecified atom stereocenters. The molecule has 0 saturated heterocycles. The lowest BCUT2D eigenvalue weighted by atomic mass is 10.1. The highest BCUT2D eigenvalue weighted by Gasteiger charge is 2.17. The molecule has 2 aromatic rings. The van der Waals surface area contributed by atoms with Crippen molar-refractivity contribution < 1.29 is 4.74 Å². The molecule has 0 aliphatic carbocycles. The van der Waals surface area contributed by atoms with Gasteiger partial charge in [-0.25, -0.2) is 0 Å². The fraction of sp³-hybridized carbons (Fsp3) is 0.200. The van der Waals surface area contributed by atoms with E-state index in [9.17, 15) is 0 Å². The Hall–Kier alpha value is -0.750. The number of halogens is 2. The number of rotatable bonds is 3. The van der Waals surface area contributed by atoms with E-state index < -0.39 is 0 Å². The molecule has 1 N–H and O–H groups in total. The molecular formula is C15H13BrINO. The Labute approximate surface area is 134 Å². The molecule has 0 amide bonds. The van der Waals surface area contributed by atoms with Gasteiger partial charge in [0.05, 0.1) is 6.61 Å². The Bertz CT molecular complexity index is 615. The normalized spacial score (nSPS) is 12.9. The smallest absolute Gasteiger partial charge is 0.127 e. The van der Waals surface area contributed by atoms with Crippen LogP contribution in [-0.4, -0.2) is 6.61 Å². The van der Waals surface area contributed by atoms with E-state index in [0.29, 0.717) is 0 Å². The molecular weight excluding hydrogens is 417 g/mol. The molecule has 19 heavy (non-hydrogen) atoms. The number of nitrogens with one attached hydrogen (secondary N) is 1. The van der Waals surface area contributed by atoms with Crippen molar-refractivity contribution in [3.8, 4) is 5.75 Å². The van der Waals surface area contributed by atoms with Crippen LogP contribution in [0.4, 0.5) is 5.69 Å². The molecule has 0 radical (unpaired) electrons. The molecule has 98 valence electrons. The molecule has 0 atom stereocenters. The van der Waals surface area contributed by atoms with Gasteiger partial charge < -0.3 is 10.1 Å². The second kappa shape index (κ2) is 5.71. The van der Waals surface area contributed by atoms with Crippen molar-refractivity contribution in [3.05, 3.63) is 55.6 Å². The lowest BCUT2D eigenvalue weighted by Crippen LogP contribution is -2.01. The van der Waals surface area contributed by atoms with E-state index in [1.165, 1.54) is 14.7 Å². The number of hydrogen-bond acceptors (Lipinski definition) is 2. The molecule has 0 spiro atoms. The first-order valence-corrected chi connectivity index (χ1v) is 8.03. The summed E-state index contributed by atoms with van der Waals surface area (Å²) in [5, 5.41) is 3.45. The van der Waals surface area contributed by atoms with Crippen LogP contribution in [0, 0.1) is 3.57 Å². The number of anilines is 1. The van der Waals surface area contributed by atoms with Crippen LogP contribution in [0.3, 0.4) is 0 Å². The zero-order valence-electron chi connectivity index (χ0n) is 10.2. The maximum atomic E-state index is 5.73. The van der Waals surface area contributed by atoms with Crippen LogP contribution in [0.25, 0.3) is 0 Å².